The number of benzene rings is 2. The molecule has 0 bridgehead atoms. The van der Waals surface area contributed by atoms with Gasteiger partial charge in [0.1, 0.15) is 11.6 Å². The zero-order valence-corrected chi connectivity index (χ0v) is 14.9. The van der Waals surface area contributed by atoms with E-state index in [1.807, 2.05) is 13.0 Å². The fourth-order valence-corrected chi connectivity index (χ4v) is 3.08. The summed E-state index contributed by atoms with van der Waals surface area (Å²) < 4.78 is 19.1. The highest BCUT2D eigenvalue weighted by molar-refractivity contribution is 5.98. The molecule has 2 aromatic rings. The number of hydrogen-bond acceptors (Lipinski definition) is 3. The molecule has 3 rings (SSSR count). The quantitative estimate of drug-likeness (QED) is 0.850. The average molecular weight is 356 g/mol. The third-order valence-corrected chi connectivity index (χ3v) is 4.54. The van der Waals surface area contributed by atoms with Gasteiger partial charge in [-0.2, -0.15) is 0 Å². The SMILES string of the molecule is COc1ccc(C)cc1C(=O)N1CCN(C(=O)c2ccccc2F)CC1. The van der Waals surface area contributed by atoms with Crippen LogP contribution in [0.4, 0.5) is 4.39 Å². The Balaban J connectivity index is 1.69. The number of nitrogens with zero attached hydrogens (tertiary/aromatic N) is 2. The summed E-state index contributed by atoms with van der Waals surface area (Å²) >= 11 is 0. The molecule has 6 heteroatoms. The number of rotatable bonds is 3. The molecule has 0 aromatic heterocycles. The van der Waals surface area contributed by atoms with E-state index in [1.165, 1.54) is 19.2 Å². The Morgan fingerprint density at radius 1 is 0.923 bits per heavy atom. The summed E-state index contributed by atoms with van der Waals surface area (Å²) in [6.45, 7) is 3.45. The second-order valence-corrected chi connectivity index (χ2v) is 6.27. The largest absolute Gasteiger partial charge is 0.496 e. The molecule has 0 unspecified atom stereocenters. The molecule has 2 amide bonds. The zero-order chi connectivity index (χ0) is 18.7. The lowest BCUT2D eigenvalue weighted by atomic mass is 10.1. The number of piperazine rings is 1. The van der Waals surface area contributed by atoms with Crippen molar-refractivity contribution in [1.82, 2.24) is 9.80 Å². The Bertz CT molecular complexity index is 830. The molecular formula is C20H21FN2O3. The zero-order valence-electron chi connectivity index (χ0n) is 14.9. The van der Waals surface area contributed by atoms with Gasteiger partial charge in [-0.1, -0.05) is 23.8 Å². The van der Waals surface area contributed by atoms with Crippen molar-refractivity contribution in [2.24, 2.45) is 0 Å². The molecule has 2 aromatic carbocycles. The van der Waals surface area contributed by atoms with Crippen LogP contribution in [0.2, 0.25) is 0 Å². The number of hydrogen-bond donors (Lipinski definition) is 0. The van der Waals surface area contributed by atoms with Crippen molar-refractivity contribution >= 4 is 11.8 Å². The van der Waals surface area contributed by atoms with Crippen molar-refractivity contribution in [2.75, 3.05) is 33.3 Å². The van der Waals surface area contributed by atoms with Gasteiger partial charge in [0.2, 0.25) is 0 Å². The monoisotopic (exact) mass is 356 g/mol. The summed E-state index contributed by atoms with van der Waals surface area (Å²) in [7, 11) is 1.53. The summed E-state index contributed by atoms with van der Waals surface area (Å²) in [5, 5.41) is 0. The first-order valence-electron chi connectivity index (χ1n) is 8.49. The van der Waals surface area contributed by atoms with Crippen LogP contribution in [0.5, 0.6) is 5.75 Å². The maximum absolute atomic E-state index is 13.8. The van der Waals surface area contributed by atoms with Crippen molar-refractivity contribution in [2.45, 2.75) is 6.92 Å². The lowest BCUT2D eigenvalue weighted by Gasteiger charge is -2.35. The van der Waals surface area contributed by atoms with Crippen LogP contribution in [-0.2, 0) is 0 Å². The fraction of sp³-hybridized carbons (Fsp3) is 0.300. The van der Waals surface area contributed by atoms with Gasteiger partial charge in [0, 0.05) is 26.2 Å². The minimum absolute atomic E-state index is 0.0626. The molecule has 0 N–H and O–H groups in total. The number of amides is 2. The van der Waals surface area contributed by atoms with Crippen molar-refractivity contribution in [3.8, 4) is 5.75 Å². The van der Waals surface area contributed by atoms with Gasteiger partial charge in [-0.05, 0) is 31.2 Å². The van der Waals surface area contributed by atoms with E-state index < -0.39 is 5.82 Å². The predicted molar refractivity (Wildman–Crippen MR) is 95.9 cm³/mol. The normalized spacial score (nSPS) is 14.3. The summed E-state index contributed by atoms with van der Waals surface area (Å²) in [5.41, 5.74) is 1.55. The molecule has 0 atom stereocenters. The highest BCUT2D eigenvalue weighted by Gasteiger charge is 2.27. The second-order valence-electron chi connectivity index (χ2n) is 6.27. The van der Waals surface area contributed by atoms with E-state index in [4.69, 9.17) is 4.74 Å². The lowest BCUT2D eigenvalue weighted by molar-refractivity contribution is 0.0531. The van der Waals surface area contributed by atoms with Crippen LogP contribution in [-0.4, -0.2) is 54.9 Å². The average Bonchev–Trinajstić information content (AvgIpc) is 2.67. The van der Waals surface area contributed by atoms with Gasteiger partial charge < -0.3 is 14.5 Å². The Kier molecular flexibility index (Phi) is 5.21. The van der Waals surface area contributed by atoms with E-state index in [9.17, 15) is 14.0 Å². The van der Waals surface area contributed by atoms with Crippen molar-refractivity contribution in [3.05, 3.63) is 65.0 Å². The fourth-order valence-electron chi connectivity index (χ4n) is 3.08. The predicted octanol–water partition coefficient (Wildman–Crippen LogP) is 2.74. The van der Waals surface area contributed by atoms with Gasteiger partial charge in [-0.25, -0.2) is 4.39 Å². The van der Waals surface area contributed by atoms with Crippen LogP contribution >= 0.6 is 0 Å². The van der Waals surface area contributed by atoms with Crippen molar-refractivity contribution in [1.29, 1.82) is 0 Å². The Morgan fingerprint density at radius 2 is 1.50 bits per heavy atom. The van der Waals surface area contributed by atoms with E-state index >= 15 is 0 Å². The Morgan fingerprint density at radius 3 is 2.08 bits per heavy atom. The highest BCUT2D eigenvalue weighted by Crippen LogP contribution is 2.22. The minimum atomic E-state index is -0.527. The minimum Gasteiger partial charge on any atom is -0.496 e. The van der Waals surface area contributed by atoms with Gasteiger partial charge >= 0.3 is 0 Å². The number of carbonyl (C=O) groups is 2. The van der Waals surface area contributed by atoms with Gasteiger partial charge in [-0.15, -0.1) is 0 Å². The molecule has 5 nitrogen and oxygen atoms in total. The van der Waals surface area contributed by atoms with Crippen molar-refractivity contribution in [3.63, 3.8) is 0 Å². The third-order valence-electron chi connectivity index (χ3n) is 4.54. The maximum atomic E-state index is 13.8. The molecule has 1 aliphatic rings. The molecule has 136 valence electrons. The van der Waals surface area contributed by atoms with Gasteiger partial charge in [0.25, 0.3) is 11.8 Å². The molecule has 1 aliphatic heterocycles. The first-order chi connectivity index (χ1) is 12.5. The number of halogens is 1. The van der Waals surface area contributed by atoms with Crippen LogP contribution in [0.3, 0.4) is 0 Å². The van der Waals surface area contributed by atoms with Crippen LogP contribution in [0.1, 0.15) is 26.3 Å². The van der Waals surface area contributed by atoms with E-state index in [2.05, 4.69) is 0 Å². The van der Waals surface area contributed by atoms with E-state index in [-0.39, 0.29) is 17.4 Å². The number of ether oxygens (including phenoxy) is 1. The smallest absolute Gasteiger partial charge is 0.257 e. The molecule has 26 heavy (non-hydrogen) atoms. The number of aryl methyl sites for hydroxylation is 1. The highest BCUT2D eigenvalue weighted by atomic mass is 19.1. The molecule has 1 saturated heterocycles. The molecule has 0 radical (unpaired) electrons. The molecule has 0 aliphatic carbocycles. The van der Waals surface area contributed by atoms with E-state index in [0.717, 1.165) is 5.56 Å². The third kappa shape index (κ3) is 3.54. The lowest BCUT2D eigenvalue weighted by Crippen LogP contribution is -2.50. The molecular weight excluding hydrogens is 335 g/mol. The number of methoxy groups -OCH3 is 1. The van der Waals surface area contributed by atoms with Gasteiger partial charge in [0.05, 0.1) is 18.2 Å². The first kappa shape index (κ1) is 17.9. The van der Waals surface area contributed by atoms with E-state index in [1.54, 1.807) is 34.1 Å². The van der Waals surface area contributed by atoms with Crippen molar-refractivity contribution < 1.29 is 18.7 Å². The summed E-state index contributed by atoms with van der Waals surface area (Å²) in [6.07, 6.45) is 0. The molecule has 0 saturated carbocycles. The van der Waals surface area contributed by atoms with Crippen LogP contribution in [0, 0.1) is 12.7 Å². The van der Waals surface area contributed by atoms with Crippen LogP contribution in [0.15, 0.2) is 42.5 Å². The molecule has 1 heterocycles. The summed E-state index contributed by atoms with van der Waals surface area (Å²) in [6, 6.07) is 11.4. The standard InChI is InChI=1S/C20H21FN2O3/c1-14-7-8-18(26-2)16(13-14)20(25)23-11-9-22(10-12-23)19(24)15-5-3-4-6-17(15)21/h3-8,13H,9-12H2,1-2H3. The van der Waals surface area contributed by atoms with Gasteiger partial charge in [0.15, 0.2) is 0 Å². The number of carbonyl (C=O) groups excluding carboxylic acids is 2. The van der Waals surface area contributed by atoms with Crippen LogP contribution in [0.25, 0.3) is 0 Å². The van der Waals surface area contributed by atoms with Crippen LogP contribution < -0.4 is 4.74 Å². The maximum Gasteiger partial charge on any atom is 0.257 e. The second kappa shape index (κ2) is 7.56. The van der Waals surface area contributed by atoms with E-state index in [0.29, 0.717) is 37.5 Å². The molecule has 1 fully saturated rings. The summed E-state index contributed by atoms with van der Waals surface area (Å²) in [4.78, 5) is 28.6. The Hall–Kier alpha value is -2.89. The molecule has 0 spiro atoms. The first-order valence-corrected chi connectivity index (χ1v) is 8.49. The Labute approximate surface area is 152 Å². The van der Waals surface area contributed by atoms with Gasteiger partial charge in [-0.3, -0.25) is 9.59 Å². The topological polar surface area (TPSA) is 49.9 Å². The summed E-state index contributed by atoms with van der Waals surface area (Å²) in [5.74, 6) is -0.460.